The van der Waals surface area contributed by atoms with E-state index in [1.54, 1.807) is 0 Å². The van der Waals surface area contributed by atoms with E-state index in [2.05, 4.69) is 44.5 Å². The first-order chi connectivity index (χ1) is 13.8. The number of aliphatic hydroxyl groups excluding tert-OH is 2. The highest BCUT2D eigenvalue weighted by Gasteiger charge is 2.26. The van der Waals surface area contributed by atoms with Crippen molar-refractivity contribution in [2.24, 2.45) is 0 Å². The summed E-state index contributed by atoms with van der Waals surface area (Å²) in [7, 11) is 0. The van der Waals surface area contributed by atoms with Crippen LogP contribution in [0.2, 0.25) is 0 Å². The Kier molecular flexibility index (Phi) is 6.17. The molecule has 2 aliphatic heterocycles. The smallest absolute Gasteiger partial charge is 0.119 e. The average molecular weight is 402 g/mol. The van der Waals surface area contributed by atoms with Crippen LogP contribution in [-0.4, -0.2) is 72.6 Å². The number of β-amino-alcohol motifs (C(OH)–C–C–N with tert-alkyl or cyclic N) is 1. The summed E-state index contributed by atoms with van der Waals surface area (Å²) in [5.41, 5.74) is 3.78. The van der Waals surface area contributed by atoms with Crippen LogP contribution in [0.15, 0.2) is 41.9 Å². The third kappa shape index (κ3) is 4.17. The predicted octanol–water partition coefficient (Wildman–Crippen LogP) is 2.05. The van der Waals surface area contributed by atoms with E-state index in [1.807, 2.05) is 23.5 Å². The zero-order valence-electron chi connectivity index (χ0n) is 16.0. The van der Waals surface area contributed by atoms with Crippen molar-refractivity contribution < 1.29 is 14.9 Å². The molecule has 2 aromatic rings. The Morgan fingerprint density at radius 2 is 1.75 bits per heavy atom. The molecular weight excluding hydrogens is 374 g/mol. The number of rotatable bonds is 7. The summed E-state index contributed by atoms with van der Waals surface area (Å²) < 4.78 is 5.47. The van der Waals surface area contributed by atoms with Crippen molar-refractivity contribution in [3.8, 4) is 5.75 Å². The van der Waals surface area contributed by atoms with Crippen molar-refractivity contribution >= 4 is 22.7 Å². The quantitative estimate of drug-likeness (QED) is 0.741. The molecule has 0 aliphatic carbocycles. The van der Waals surface area contributed by atoms with E-state index in [1.165, 1.54) is 16.1 Å². The zero-order valence-corrected chi connectivity index (χ0v) is 16.8. The molecule has 2 aliphatic rings. The molecule has 3 heterocycles. The van der Waals surface area contributed by atoms with Crippen LogP contribution in [0.4, 0.5) is 5.69 Å². The first kappa shape index (κ1) is 19.3. The maximum Gasteiger partial charge on any atom is 0.119 e. The summed E-state index contributed by atoms with van der Waals surface area (Å²) >= 11 is 1.81. The maximum absolute atomic E-state index is 9.17. The van der Waals surface area contributed by atoms with Gasteiger partial charge in [0.15, 0.2) is 0 Å². The van der Waals surface area contributed by atoms with E-state index in [0.717, 1.165) is 50.7 Å². The molecule has 2 N–H and O–H groups in total. The second kappa shape index (κ2) is 8.96. The third-order valence-corrected chi connectivity index (χ3v) is 6.24. The van der Waals surface area contributed by atoms with Crippen molar-refractivity contribution in [2.75, 3.05) is 57.4 Å². The Bertz CT molecular complexity index is 797. The van der Waals surface area contributed by atoms with Gasteiger partial charge in [-0.25, -0.2) is 0 Å². The highest BCUT2D eigenvalue weighted by atomic mass is 32.1. The first-order valence-corrected chi connectivity index (χ1v) is 10.6. The largest absolute Gasteiger partial charge is 0.491 e. The second-order valence-electron chi connectivity index (χ2n) is 7.04. The van der Waals surface area contributed by atoms with Gasteiger partial charge in [0, 0.05) is 51.2 Å². The predicted molar refractivity (Wildman–Crippen MR) is 113 cm³/mol. The molecule has 6 nitrogen and oxygen atoms in total. The molecular formula is C21H27N3O3S. The number of aliphatic hydroxyl groups is 2. The van der Waals surface area contributed by atoms with E-state index in [9.17, 15) is 5.11 Å². The van der Waals surface area contributed by atoms with Gasteiger partial charge >= 0.3 is 0 Å². The fourth-order valence-corrected chi connectivity index (χ4v) is 4.72. The summed E-state index contributed by atoms with van der Waals surface area (Å²) in [5.74, 6) is 0.773. The van der Waals surface area contributed by atoms with Crippen LogP contribution in [0.1, 0.15) is 10.4 Å². The molecule has 0 spiro atoms. The van der Waals surface area contributed by atoms with Crippen molar-refractivity contribution in [3.63, 3.8) is 0 Å². The minimum atomic E-state index is 0.0203. The number of benzene rings is 1. The molecule has 0 atom stereocenters. The van der Waals surface area contributed by atoms with E-state index < -0.39 is 0 Å². The second-order valence-corrected chi connectivity index (χ2v) is 7.95. The number of piperazine rings is 1. The summed E-state index contributed by atoms with van der Waals surface area (Å²) in [4.78, 5) is 8.45. The molecule has 1 saturated heterocycles. The highest BCUT2D eigenvalue weighted by Crippen LogP contribution is 2.36. The van der Waals surface area contributed by atoms with E-state index >= 15 is 0 Å². The van der Waals surface area contributed by atoms with Crippen LogP contribution in [0, 0.1) is 0 Å². The Balaban J connectivity index is 1.52. The van der Waals surface area contributed by atoms with Crippen LogP contribution in [0.25, 0.3) is 5.70 Å². The summed E-state index contributed by atoms with van der Waals surface area (Å²) in [6.45, 7) is 6.10. The fraction of sp³-hybridized carbons (Fsp3) is 0.429. The number of ether oxygens (including phenoxy) is 1. The van der Waals surface area contributed by atoms with Crippen LogP contribution < -0.4 is 9.64 Å². The van der Waals surface area contributed by atoms with Gasteiger partial charge in [0.1, 0.15) is 12.4 Å². The van der Waals surface area contributed by atoms with Gasteiger partial charge in [0.05, 0.1) is 23.8 Å². The lowest BCUT2D eigenvalue weighted by atomic mass is 10.1. The average Bonchev–Trinajstić information content (AvgIpc) is 3.21. The number of fused-ring (bicyclic) bond motifs is 1. The number of anilines is 1. The molecule has 0 radical (unpaired) electrons. The lowest BCUT2D eigenvalue weighted by Gasteiger charge is -2.39. The summed E-state index contributed by atoms with van der Waals surface area (Å²) in [6.07, 6.45) is 2.27. The van der Waals surface area contributed by atoms with Crippen molar-refractivity contribution in [3.05, 3.63) is 52.4 Å². The monoisotopic (exact) mass is 401 g/mol. The van der Waals surface area contributed by atoms with Crippen LogP contribution in [-0.2, 0) is 6.54 Å². The first-order valence-electron chi connectivity index (χ1n) is 9.75. The van der Waals surface area contributed by atoms with Gasteiger partial charge < -0.3 is 24.7 Å². The Hall–Kier alpha value is -2.06. The molecule has 1 aromatic heterocycles. The Morgan fingerprint density at radius 1 is 0.964 bits per heavy atom. The molecule has 28 heavy (non-hydrogen) atoms. The van der Waals surface area contributed by atoms with Gasteiger partial charge in [-0.1, -0.05) is 0 Å². The Labute approximate surface area is 169 Å². The molecule has 150 valence electrons. The molecule has 0 bridgehead atoms. The van der Waals surface area contributed by atoms with Gasteiger partial charge in [-0.15, -0.1) is 11.3 Å². The Morgan fingerprint density at radius 3 is 2.46 bits per heavy atom. The molecule has 0 amide bonds. The minimum Gasteiger partial charge on any atom is -0.491 e. The van der Waals surface area contributed by atoms with E-state index in [-0.39, 0.29) is 13.2 Å². The van der Waals surface area contributed by atoms with E-state index in [4.69, 9.17) is 9.84 Å². The molecule has 4 rings (SSSR count). The van der Waals surface area contributed by atoms with Crippen molar-refractivity contribution in [1.82, 2.24) is 9.80 Å². The van der Waals surface area contributed by atoms with Crippen LogP contribution >= 0.6 is 11.3 Å². The van der Waals surface area contributed by atoms with Gasteiger partial charge in [-0.05, 0) is 41.3 Å². The van der Waals surface area contributed by atoms with Crippen LogP contribution in [0.5, 0.6) is 5.75 Å². The number of hydrogen-bond donors (Lipinski definition) is 2. The maximum atomic E-state index is 9.17. The van der Waals surface area contributed by atoms with Crippen molar-refractivity contribution in [2.45, 2.75) is 6.54 Å². The highest BCUT2D eigenvalue weighted by molar-refractivity contribution is 7.11. The van der Waals surface area contributed by atoms with Crippen LogP contribution in [0.3, 0.4) is 0 Å². The minimum absolute atomic E-state index is 0.0203. The molecule has 0 unspecified atom stereocenters. The fourth-order valence-electron chi connectivity index (χ4n) is 3.76. The molecule has 1 aromatic carbocycles. The standard InChI is InChI=1S/C21H27N3O3S/c25-11-10-22-6-8-23(9-7-22)20-16-24(15-17-5-14-28-21(17)20)18-1-3-19(4-2-18)27-13-12-26/h1-5,14,16,25-26H,6-13,15H2. The van der Waals surface area contributed by atoms with Gasteiger partial charge in [-0.2, -0.15) is 0 Å². The molecule has 1 fully saturated rings. The lowest BCUT2D eigenvalue weighted by molar-refractivity contribution is 0.143. The van der Waals surface area contributed by atoms with Gasteiger partial charge in [0.25, 0.3) is 0 Å². The zero-order chi connectivity index (χ0) is 19.3. The SMILES string of the molecule is OCCOc1ccc(N2C=C(N3CCN(CCO)CC3)c3sccc3C2)cc1. The third-order valence-electron chi connectivity index (χ3n) is 5.26. The van der Waals surface area contributed by atoms with Crippen molar-refractivity contribution in [1.29, 1.82) is 0 Å². The lowest BCUT2D eigenvalue weighted by Crippen LogP contribution is -2.46. The summed E-state index contributed by atoms with van der Waals surface area (Å²) in [6, 6.07) is 10.3. The summed E-state index contributed by atoms with van der Waals surface area (Å²) in [5, 5.41) is 20.2. The normalized spacial score (nSPS) is 17.4. The van der Waals surface area contributed by atoms with Gasteiger partial charge in [0.2, 0.25) is 0 Å². The number of hydrogen-bond acceptors (Lipinski definition) is 7. The topological polar surface area (TPSA) is 59.4 Å². The number of nitrogens with zero attached hydrogens (tertiary/aromatic N) is 3. The molecule has 7 heteroatoms. The van der Waals surface area contributed by atoms with E-state index in [0.29, 0.717) is 6.61 Å². The molecule has 0 saturated carbocycles. The van der Waals surface area contributed by atoms with Gasteiger partial charge in [-0.3, -0.25) is 4.90 Å². The number of thiophene rings is 1.